The average Bonchev–Trinajstić information content (AvgIpc) is 3.44. The van der Waals surface area contributed by atoms with E-state index in [0.29, 0.717) is 17.5 Å². The third-order valence-corrected chi connectivity index (χ3v) is 6.33. The predicted molar refractivity (Wildman–Crippen MR) is 112 cm³/mol. The van der Waals surface area contributed by atoms with Gasteiger partial charge in [0, 0.05) is 24.0 Å². The second-order valence-electron chi connectivity index (χ2n) is 8.30. The lowest BCUT2D eigenvalue weighted by molar-refractivity contribution is -0.138. The standard InChI is InChI=1S/C25H23F3N2/c26-25(27,28)21-12-16(15-6-2-1-3-7-15)10-11-17(21)20-13-23(20)30-24-14-22(29)18-8-4-5-9-19(18)24/h1-12,20,22-24,30H,13-14,29H2/t20-,22?,23+,24?/m0/s1. The van der Waals surface area contributed by atoms with Gasteiger partial charge in [-0.05, 0) is 46.7 Å². The molecule has 0 radical (unpaired) electrons. The third kappa shape index (κ3) is 3.53. The second-order valence-corrected chi connectivity index (χ2v) is 8.30. The summed E-state index contributed by atoms with van der Waals surface area (Å²) in [6.07, 6.45) is -2.89. The lowest BCUT2D eigenvalue weighted by Crippen LogP contribution is -2.23. The smallest absolute Gasteiger partial charge is 0.324 e. The number of fused-ring (bicyclic) bond motifs is 1. The molecule has 0 spiro atoms. The molecule has 0 bridgehead atoms. The Kier molecular flexibility index (Phi) is 4.68. The van der Waals surface area contributed by atoms with Crippen molar-refractivity contribution in [3.8, 4) is 11.1 Å². The van der Waals surface area contributed by atoms with Crippen molar-refractivity contribution in [2.75, 3.05) is 0 Å². The number of hydrogen-bond acceptors (Lipinski definition) is 2. The topological polar surface area (TPSA) is 38.0 Å². The van der Waals surface area contributed by atoms with E-state index in [9.17, 15) is 13.2 Å². The van der Waals surface area contributed by atoms with Crippen molar-refractivity contribution in [2.45, 2.75) is 43.1 Å². The maximum absolute atomic E-state index is 13.9. The van der Waals surface area contributed by atoms with Crippen molar-refractivity contribution in [1.29, 1.82) is 0 Å². The molecule has 2 aliphatic carbocycles. The molecule has 1 saturated carbocycles. The van der Waals surface area contributed by atoms with E-state index in [1.165, 1.54) is 11.6 Å². The first-order valence-electron chi connectivity index (χ1n) is 10.3. The molecule has 3 N–H and O–H groups in total. The summed E-state index contributed by atoms with van der Waals surface area (Å²) in [6.45, 7) is 0. The Balaban J connectivity index is 1.39. The highest BCUT2D eigenvalue weighted by atomic mass is 19.4. The Bertz CT molecular complexity index is 1060. The zero-order valence-electron chi connectivity index (χ0n) is 16.4. The molecule has 0 amide bonds. The molecule has 30 heavy (non-hydrogen) atoms. The first-order valence-corrected chi connectivity index (χ1v) is 10.3. The van der Waals surface area contributed by atoms with E-state index in [4.69, 9.17) is 5.73 Å². The summed E-state index contributed by atoms with van der Waals surface area (Å²) in [5.74, 6) is -0.129. The largest absolute Gasteiger partial charge is 0.416 e. The summed E-state index contributed by atoms with van der Waals surface area (Å²) in [4.78, 5) is 0. The van der Waals surface area contributed by atoms with E-state index >= 15 is 0 Å². The maximum Gasteiger partial charge on any atom is 0.416 e. The van der Waals surface area contributed by atoms with Crippen molar-refractivity contribution in [3.05, 3.63) is 95.1 Å². The number of nitrogens with two attached hydrogens (primary N) is 1. The molecule has 2 aliphatic rings. The van der Waals surface area contributed by atoms with E-state index in [-0.39, 0.29) is 24.0 Å². The van der Waals surface area contributed by atoms with Gasteiger partial charge in [-0.2, -0.15) is 13.2 Å². The summed E-state index contributed by atoms with van der Waals surface area (Å²) in [5, 5.41) is 3.57. The normalized spacial score (nSPS) is 25.2. The van der Waals surface area contributed by atoms with Gasteiger partial charge < -0.3 is 11.1 Å². The number of hydrogen-bond donors (Lipinski definition) is 2. The lowest BCUT2D eigenvalue weighted by Gasteiger charge is -2.17. The van der Waals surface area contributed by atoms with Crippen LogP contribution in [0.3, 0.4) is 0 Å². The molecule has 1 fully saturated rings. The first kappa shape index (κ1) is 19.3. The van der Waals surface area contributed by atoms with E-state index < -0.39 is 11.7 Å². The van der Waals surface area contributed by atoms with Gasteiger partial charge in [0.05, 0.1) is 5.56 Å². The number of halogens is 3. The van der Waals surface area contributed by atoms with Crippen LogP contribution in [0, 0.1) is 0 Å². The van der Waals surface area contributed by atoms with Gasteiger partial charge in [0.25, 0.3) is 0 Å². The third-order valence-electron chi connectivity index (χ3n) is 6.33. The zero-order valence-corrected chi connectivity index (χ0v) is 16.4. The van der Waals surface area contributed by atoms with Crippen LogP contribution in [-0.4, -0.2) is 6.04 Å². The van der Waals surface area contributed by atoms with E-state index in [0.717, 1.165) is 17.5 Å². The summed E-state index contributed by atoms with van der Waals surface area (Å²) in [7, 11) is 0. The molecule has 2 nitrogen and oxygen atoms in total. The number of alkyl halides is 3. The summed E-state index contributed by atoms with van der Waals surface area (Å²) >= 11 is 0. The molecule has 3 aromatic carbocycles. The fourth-order valence-electron chi connectivity index (χ4n) is 4.75. The summed E-state index contributed by atoms with van der Waals surface area (Å²) < 4.78 is 41.6. The summed E-state index contributed by atoms with van der Waals surface area (Å²) in [5.41, 5.74) is 9.79. The Hall–Kier alpha value is -2.63. The van der Waals surface area contributed by atoms with Crippen molar-refractivity contribution >= 4 is 0 Å². The molecule has 2 unspecified atom stereocenters. The van der Waals surface area contributed by atoms with Crippen molar-refractivity contribution in [1.82, 2.24) is 5.32 Å². The fourth-order valence-corrected chi connectivity index (χ4v) is 4.75. The number of rotatable bonds is 4. The van der Waals surface area contributed by atoms with E-state index in [2.05, 4.69) is 11.4 Å². The van der Waals surface area contributed by atoms with Crippen LogP contribution in [0.15, 0.2) is 72.8 Å². The molecular formula is C25H23F3N2. The molecule has 5 rings (SSSR count). The highest BCUT2D eigenvalue weighted by Gasteiger charge is 2.46. The van der Waals surface area contributed by atoms with Crippen LogP contribution in [0.25, 0.3) is 11.1 Å². The minimum atomic E-state index is -4.38. The number of benzene rings is 3. The number of nitrogens with one attached hydrogen (secondary N) is 1. The Morgan fingerprint density at radius 1 is 0.767 bits per heavy atom. The van der Waals surface area contributed by atoms with Crippen LogP contribution in [0.4, 0.5) is 13.2 Å². The average molecular weight is 408 g/mol. The van der Waals surface area contributed by atoms with E-state index in [1.807, 2.05) is 48.5 Å². The van der Waals surface area contributed by atoms with Gasteiger partial charge in [-0.3, -0.25) is 0 Å². The molecule has 0 aromatic heterocycles. The molecule has 0 aliphatic heterocycles. The molecule has 0 saturated heterocycles. The second kappa shape index (κ2) is 7.25. The van der Waals surface area contributed by atoms with Gasteiger partial charge in [0.15, 0.2) is 0 Å². The monoisotopic (exact) mass is 408 g/mol. The molecule has 4 atom stereocenters. The SMILES string of the molecule is NC1CC(N[C@@H]2C[C@H]2c2ccc(-c3ccccc3)cc2C(F)(F)F)c2ccccc21. The minimum Gasteiger partial charge on any atom is -0.324 e. The van der Waals surface area contributed by atoms with Crippen LogP contribution in [0.2, 0.25) is 0 Å². The van der Waals surface area contributed by atoms with Crippen molar-refractivity contribution in [2.24, 2.45) is 5.73 Å². The van der Waals surface area contributed by atoms with Gasteiger partial charge >= 0.3 is 6.18 Å². The summed E-state index contributed by atoms with van der Waals surface area (Å²) in [6, 6.07) is 22.1. The maximum atomic E-state index is 13.9. The Labute approximate surface area is 173 Å². The molecule has 154 valence electrons. The van der Waals surface area contributed by atoms with Gasteiger partial charge in [-0.1, -0.05) is 66.7 Å². The van der Waals surface area contributed by atoms with Gasteiger partial charge in [0.1, 0.15) is 0 Å². The predicted octanol–water partition coefficient (Wildman–Crippen LogP) is 5.96. The van der Waals surface area contributed by atoms with Crippen molar-refractivity contribution in [3.63, 3.8) is 0 Å². The highest BCUT2D eigenvalue weighted by molar-refractivity contribution is 5.65. The van der Waals surface area contributed by atoms with Crippen molar-refractivity contribution < 1.29 is 13.2 Å². The quantitative estimate of drug-likeness (QED) is 0.559. The van der Waals surface area contributed by atoms with Crippen LogP contribution < -0.4 is 11.1 Å². The van der Waals surface area contributed by atoms with Gasteiger partial charge in [-0.15, -0.1) is 0 Å². The van der Waals surface area contributed by atoms with Crippen LogP contribution in [-0.2, 0) is 6.18 Å². The Morgan fingerprint density at radius 2 is 1.47 bits per heavy atom. The van der Waals surface area contributed by atoms with E-state index in [1.54, 1.807) is 12.1 Å². The van der Waals surface area contributed by atoms with Gasteiger partial charge in [0.2, 0.25) is 0 Å². The zero-order chi connectivity index (χ0) is 20.9. The fraction of sp³-hybridized carbons (Fsp3) is 0.280. The van der Waals surface area contributed by atoms with Crippen LogP contribution in [0.1, 0.15) is 53.1 Å². The molecule has 0 heterocycles. The molecule has 3 aromatic rings. The highest BCUT2D eigenvalue weighted by Crippen LogP contribution is 2.49. The molecular weight excluding hydrogens is 385 g/mol. The minimum absolute atomic E-state index is 0.0215. The Morgan fingerprint density at radius 3 is 2.20 bits per heavy atom. The van der Waals surface area contributed by atoms with Gasteiger partial charge in [-0.25, -0.2) is 0 Å². The van der Waals surface area contributed by atoms with Crippen LogP contribution >= 0.6 is 0 Å². The lowest BCUT2D eigenvalue weighted by atomic mass is 9.96. The first-order chi connectivity index (χ1) is 14.4. The van der Waals surface area contributed by atoms with Crippen LogP contribution in [0.5, 0.6) is 0 Å². The molecule has 5 heteroatoms.